The second-order valence-electron chi connectivity index (χ2n) is 6.09. The molecule has 1 atom stereocenters. The smallest absolute Gasteiger partial charge is 0.247 e. The first-order valence-corrected chi connectivity index (χ1v) is 9.15. The molecule has 1 aliphatic rings. The van der Waals surface area contributed by atoms with E-state index < -0.39 is 6.04 Å². The van der Waals surface area contributed by atoms with E-state index in [1.807, 2.05) is 35.7 Å². The number of amides is 2. The Hall–Kier alpha value is -2.67. The standard InChI is InChI=1S/C18H18N4O2S/c23-16(10-12-4-3-9-25-12)22-8-2-7-15(22)18(24)21-14-6-1-5-13-17(14)20-11-19-13/h1,3-6,9,11,15H,2,7-8,10H2,(H,19,20)(H,21,24). The van der Waals surface area contributed by atoms with Crippen molar-refractivity contribution in [3.63, 3.8) is 0 Å². The number of thiophene rings is 1. The van der Waals surface area contributed by atoms with Gasteiger partial charge in [0.2, 0.25) is 11.8 Å². The highest BCUT2D eigenvalue weighted by Gasteiger charge is 2.34. The quantitative estimate of drug-likeness (QED) is 0.756. The molecule has 3 heterocycles. The highest BCUT2D eigenvalue weighted by Crippen LogP contribution is 2.24. The number of H-pyrrole nitrogens is 1. The number of fused-ring (bicyclic) bond motifs is 1. The molecular formula is C18H18N4O2S. The van der Waals surface area contributed by atoms with E-state index >= 15 is 0 Å². The number of imidazole rings is 1. The molecule has 2 aromatic heterocycles. The molecule has 6 nitrogen and oxygen atoms in total. The number of para-hydroxylation sites is 1. The van der Waals surface area contributed by atoms with Crippen LogP contribution in [0.25, 0.3) is 11.0 Å². The third kappa shape index (κ3) is 3.15. The predicted molar refractivity (Wildman–Crippen MR) is 97.5 cm³/mol. The molecule has 7 heteroatoms. The molecule has 0 saturated carbocycles. The first-order chi connectivity index (χ1) is 12.2. The summed E-state index contributed by atoms with van der Waals surface area (Å²) in [5.74, 6) is -0.134. The molecule has 1 aliphatic heterocycles. The van der Waals surface area contributed by atoms with Crippen LogP contribution in [0.5, 0.6) is 0 Å². The predicted octanol–water partition coefficient (Wildman–Crippen LogP) is 2.80. The zero-order chi connectivity index (χ0) is 17.2. The molecule has 0 bridgehead atoms. The van der Waals surface area contributed by atoms with Crippen LogP contribution < -0.4 is 5.32 Å². The van der Waals surface area contributed by atoms with Crippen LogP contribution in [-0.2, 0) is 16.0 Å². The number of nitrogens with zero attached hydrogens (tertiary/aromatic N) is 2. The summed E-state index contributed by atoms with van der Waals surface area (Å²) in [5.41, 5.74) is 2.27. The van der Waals surface area contributed by atoms with Gasteiger partial charge in [0.05, 0.1) is 24.0 Å². The number of nitrogens with one attached hydrogen (secondary N) is 2. The van der Waals surface area contributed by atoms with Crippen molar-refractivity contribution in [2.24, 2.45) is 0 Å². The van der Waals surface area contributed by atoms with Gasteiger partial charge in [-0.05, 0) is 36.4 Å². The SMILES string of the molecule is O=C(Nc1cccc2[nH]cnc12)C1CCCN1C(=O)Cc1cccs1. The lowest BCUT2D eigenvalue weighted by Gasteiger charge is -2.24. The summed E-state index contributed by atoms with van der Waals surface area (Å²) in [6.07, 6.45) is 3.50. The third-order valence-corrected chi connectivity index (χ3v) is 5.37. The highest BCUT2D eigenvalue weighted by molar-refractivity contribution is 7.10. The first kappa shape index (κ1) is 15.8. The van der Waals surface area contributed by atoms with Crippen LogP contribution in [-0.4, -0.2) is 39.3 Å². The summed E-state index contributed by atoms with van der Waals surface area (Å²) in [6, 6.07) is 9.07. The lowest BCUT2D eigenvalue weighted by molar-refractivity contribution is -0.136. The molecular weight excluding hydrogens is 336 g/mol. The van der Waals surface area contributed by atoms with Crippen molar-refractivity contribution in [1.29, 1.82) is 0 Å². The van der Waals surface area contributed by atoms with Gasteiger partial charge in [0.15, 0.2) is 0 Å². The van der Waals surface area contributed by atoms with Gasteiger partial charge in [-0.15, -0.1) is 11.3 Å². The maximum Gasteiger partial charge on any atom is 0.247 e. The minimum Gasteiger partial charge on any atom is -0.345 e. The van der Waals surface area contributed by atoms with Gasteiger partial charge < -0.3 is 15.2 Å². The van der Waals surface area contributed by atoms with Gasteiger partial charge in [-0.1, -0.05) is 12.1 Å². The van der Waals surface area contributed by atoms with Gasteiger partial charge in [-0.3, -0.25) is 9.59 Å². The Balaban J connectivity index is 1.49. The largest absolute Gasteiger partial charge is 0.345 e. The zero-order valence-electron chi connectivity index (χ0n) is 13.6. The van der Waals surface area contributed by atoms with Crippen molar-refractivity contribution >= 4 is 39.9 Å². The maximum absolute atomic E-state index is 12.8. The van der Waals surface area contributed by atoms with Crippen LogP contribution in [0, 0.1) is 0 Å². The Labute approximate surface area is 148 Å². The van der Waals surface area contributed by atoms with Crippen molar-refractivity contribution in [2.75, 3.05) is 11.9 Å². The number of carbonyl (C=O) groups is 2. The number of likely N-dealkylation sites (tertiary alicyclic amines) is 1. The van der Waals surface area contributed by atoms with E-state index in [1.165, 1.54) is 0 Å². The van der Waals surface area contributed by atoms with Crippen LogP contribution in [0.4, 0.5) is 5.69 Å². The lowest BCUT2D eigenvalue weighted by Crippen LogP contribution is -2.43. The summed E-state index contributed by atoms with van der Waals surface area (Å²) in [5, 5.41) is 4.90. The van der Waals surface area contributed by atoms with Gasteiger partial charge in [-0.2, -0.15) is 0 Å². The van der Waals surface area contributed by atoms with Crippen molar-refractivity contribution < 1.29 is 9.59 Å². The average Bonchev–Trinajstić information content (AvgIpc) is 3.35. The Morgan fingerprint density at radius 3 is 3.08 bits per heavy atom. The summed E-state index contributed by atoms with van der Waals surface area (Å²) in [6.45, 7) is 0.634. The number of aromatic amines is 1. The topological polar surface area (TPSA) is 78.1 Å². The van der Waals surface area contributed by atoms with E-state index in [1.54, 1.807) is 22.6 Å². The van der Waals surface area contributed by atoms with Gasteiger partial charge in [0.1, 0.15) is 11.6 Å². The van der Waals surface area contributed by atoms with Crippen molar-refractivity contribution in [2.45, 2.75) is 25.3 Å². The summed E-state index contributed by atoms with van der Waals surface area (Å²) in [4.78, 5) is 35.4. The molecule has 0 spiro atoms. The van der Waals surface area contributed by atoms with Crippen LogP contribution >= 0.6 is 11.3 Å². The monoisotopic (exact) mass is 354 g/mol. The fourth-order valence-corrected chi connectivity index (χ4v) is 3.98. The fourth-order valence-electron chi connectivity index (χ4n) is 3.28. The second kappa shape index (κ2) is 6.68. The summed E-state index contributed by atoms with van der Waals surface area (Å²) >= 11 is 1.56. The lowest BCUT2D eigenvalue weighted by atomic mass is 10.2. The van der Waals surface area contributed by atoms with Crippen molar-refractivity contribution in [3.8, 4) is 0 Å². The number of rotatable bonds is 4. The van der Waals surface area contributed by atoms with Gasteiger partial charge >= 0.3 is 0 Å². The van der Waals surface area contributed by atoms with E-state index in [4.69, 9.17) is 0 Å². The van der Waals surface area contributed by atoms with E-state index in [2.05, 4.69) is 15.3 Å². The molecule has 128 valence electrons. The number of carbonyl (C=O) groups excluding carboxylic acids is 2. The van der Waals surface area contributed by atoms with E-state index in [0.717, 1.165) is 22.3 Å². The number of aromatic nitrogens is 2. The molecule has 1 saturated heterocycles. The third-order valence-electron chi connectivity index (χ3n) is 4.49. The summed E-state index contributed by atoms with van der Waals surface area (Å²) in [7, 11) is 0. The van der Waals surface area contributed by atoms with Gasteiger partial charge in [-0.25, -0.2) is 4.98 Å². The van der Waals surface area contributed by atoms with Crippen molar-refractivity contribution in [3.05, 3.63) is 46.9 Å². The van der Waals surface area contributed by atoms with Crippen LogP contribution in [0.2, 0.25) is 0 Å². The molecule has 25 heavy (non-hydrogen) atoms. The van der Waals surface area contributed by atoms with Crippen LogP contribution in [0.3, 0.4) is 0 Å². The Bertz CT molecular complexity index is 903. The van der Waals surface area contributed by atoms with E-state index in [-0.39, 0.29) is 11.8 Å². The van der Waals surface area contributed by atoms with Gasteiger partial charge in [0, 0.05) is 11.4 Å². The summed E-state index contributed by atoms with van der Waals surface area (Å²) < 4.78 is 0. The van der Waals surface area contributed by atoms with E-state index in [9.17, 15) is 9.59 Å². The molecule has 4 rings (SSSR count). The second-order valence-corrected chi connectivity index (χ2v) is 7.13. The number of benzene rings is 1. The van der Waals surface area contributed by atoms with Gasteiger partial charge in [0.25, 0.3) is 0 Å². The molecule has 1 aromatic carbocycles. The Morgan fingerprint density at radius 1 is 1.32 bits per heavy atom. The first-order valence-electron chi connectivity index (χ1n) is 8.27. The number of anilines is 1. The maximum atomic E-state index is 12.8. The molecule has 2 amide bonds. The molecule has 3 aromatic rings. The molecule has 2 N–H and O–H groups in total. The highest BCUT2D eigenvalue weighted by atomic mass is 32.1. The average molecular weight is 354 g/mol. The molecule has 0 aliphatic carbocycles. The van der Waals surface area contributed by atoms with Crippen LogP contribution in [0.1, 0.15) is 17.7 Å². The number of hydrogen-bond donors (Lipinski definition) is 2. The molecule has 0 radical (unpaired) electrons. The zero-order valence-corrected chi connectivity index (χ0v) is 14.4. The normalized spacial score (nSPS) is 17.1. The molecule has 1 unspecified atom stereocenters. The Morgan fingerprint density at radius 2 is 2.24 bits per heavy atom. The minimum absolute atomic E-state index is 0.0121. The van der Waals surface area contributed by atoms with Crippen molar-refractivity contribution in [1.82, 2.24) is 14.9 Å². The fraction of sp³-hybridized carbons (Fsp3) is 0.278. The minimum atomic E-state index is -0.415. The Kier molecular flexibility index (Phi) is 4.23. The molecule has 1 fully saturated rings. The van der Waals surface area contributed by atoms with E-state index in [0.29, 0.717) is 25.1 Å². The number of hydrogen-bond acceptors (Lipinski definition) is 4. The van der Waals surface area contributed by atoms with Crippen LogP contribution in [0.15, 0.2) is 42.0 Å².